The Labute approximate surface area is 118 Å². The zero-order chi connectivity index (χ0) is 14.8. The number of nitrogens with one attached hydrogen (secondary N) is 2. The highest BCUT2D eigenvalue weighted by molar-refractivity contribution is 7.89. The number of nitrogens with zero attached hydrogens (tertiary/aromatic N) is 2. The van der Waals surface area contributed by atoms with Crippen molar-refractivity contribution in [1.82, 2.24) is 14.3 Å². The Kier molecular flexibility index (Phi) is 4.10. The van der Waals surface area contributed by atoms with Gasteiger partial charge >= 0.3 is 0 Å². The van der Waals surface area contributed by atoms with Crippen LogP contribution in [-0.2, 0) is 16.6 Å². The molecule has 0 aliphatic rings. The van der Waals surface area contributed by atoms with Crippen LogP contribution in [0.2, 0.25) is 0 Å². The molecule has 6 nitrogen and oxygen atoms in total. The van der Waals surface area contributed by atoms with Crippen molar-refractivity contribution in [3.8, 4) is 0 Å². The standard InChI is InChI=1S/C13H18N4O2S/c1-10-13(16-9-15-10)8-14-11-4-6-12(7-5-11)20(18,19)17(2)3/h4-7,9,14H,8H2,1-3H3,(H,15,16). The molecule has 0 fully saturated rings. The van der Waals surface area contributed by atoms with Crippen molar-refractivity contribution in [2.75, 3.05) is 19.4 Å². The Morgan fingerprint density at radius 2 is 1.90 bits per heavy atom. The SMILES string of the molecule is Cc1[nH]cnc1CNc1ccc(S(=O)(=O)N(C)C)cc1. The highest BCUT2D eigenvalue weighted by Crippen LogP contribution is 2.17. The lowest BCUT2D eigenvalue weighted by Crippen LogP contribution is -2.22. The van der Waals surface area contributed by atoms with Crippen molar-refractivity contribution in [3.63, 3.8) is 0 Å². The number of hydrogen-bond donors (Lipinski definition) is 2. The Morgan fingerprint density at radius 3 is 2.40 bits per heavy atom. The summed E-state index contributed by atoms with van der Waals surface area (Å²) in [6.45, 7) is 2.55. The highest BCUT2D eigenvalue weighted by Gasteiger charge is 2.16. The second-order valence-corrected chi connectivity index (χ2v) is 6.79. The van der Waals surface area contributed by atoms with Gasteiger partial charge in [-0.2, -0.15) is 0 Å². The van der Waals surface area contributed by atoms with Crippen LogP contribution < -0.4 is 5.32 Å². The Morgan fingerprint density at radius 1 is 1.25 bits per heavy atom. The van der Waals surface area contributed by atoms with Gasteiger partial charge in [-0.3, -0.25) is 0 Å². The fraction of sp³-hybridized carbons (Fsp3) is 0.308. The molecule has 108 valence electrons. The van der Waals surface area contributed by atoms with Crippen molar-refractivity contribution in [1.29, 1.82) is 0 Å². The third-order valence-electron chi connectivity index (χ3n) is 3.03. The molecule has 0 aliphatic heterocycles. The molecule has 0 unspecified atom stereocenters. The maximum Gasteiger partial charge on any atom is 0.242 e. The van der Waals surface area contributed by atoms with E-state index in [2.05, 4.69) is 15.3 Å². The number of sulfonamides is 1. The maximum atomic E-state index is 11.9. The lowest BCUT2D eigenvalue weighted by molar-refractivity contribution is 0.521. The first kappa shape index (κ1) is 14.5. The number of H-pyrrole nitrogens is 1. The molecule has 0 amide bonds. The van der Waals surface area contributed by atoms with Crippen molar-refractivity contribution >= 4 is 15.7 Å². The molecule has 2 N–H and O–H groups in total. The van der Waals surface area contributed by atoms with Crippen LogP contribution in [-0.4, -0.2) is 36.8 Å². The summed E-state index contributed by atoms with van der Waals surface area (Å²) in [5.41, 5.74) is 2.81. The molecule has 1 aromatic heterocycles. The molecule has 0 spiro atoms. The van der Waals surface area contributed by atoms with Crippen LogP contribution >= 0.6 is 0 Å². The molecular weight excluding hydrogens is 276 g/mol. The summed E-state index contributed by atoms with van der Waals surface area (Å²) >= 11 is 0. The predicted octanol–water partition coefficient (Wildman–Crippen LogP) is 1.58. The first-order valence-corrected chi connectivity index (χ1v) is 7.60. The molecule has 0 atom stereocenters. The number of imidazole rings is 1. The van der Waals surface area contributed by atoms with Crippen molar-refractivity contribution in [3.05, 3.63) is 42.0 Å². The van der Waals surface area contributed by atoms with Crippen LogP contribution in [0.15, 0.2) is 35.5 Å². The molecule has 20 heavy (non-hydrogen) atoms. The van der Waals surface area contributed by atoms with Crippen LogP contribution in [0.1, 0.15) is 11.4 Å². The van der Waals surface area contributed by atoms with Gasteiger partial charge in [0.1, 0.15) is 0 Å². The topological polar surface area (TPSA) is 78.1 Å². The minimum Gasteiger partial charge on any atom is -0.379 e. The van der Waals surface area contributed by atoms with E-state index in [1.54, 1.807) is 30.6 Å². The molecule has 7 heteroatoms. The summed E-state index contributed by atoms with van der Waals surface area (Å²) in [5.74, 6) is 0. The number of anilines is 1. The summed E-state index contributed by atoms with van der Waals surface area (Å²) in [4.78, 5) is 7.48. The fourth-order valence-corrected chi connectivity index (χ4v) is 2.61. The van der Waals surface area contributed by atoms with Crippen LogP contribution in [0.3, 0.4) is 0 Å². The molecular formula is C13H18N4O2S. The molecule has 0 saturated heterocycles. The normalized spacial score (nSPS) is 11.8. The largest absolute Gasteiger partial charge is 0.379 e. The van der Waals surface area contributed by atoms with Gasteiger partial charge in [-0.15, -0.1) is 0 Å². The molecule has 0 saturated carbocycles. The van der Waals surface area contributed by atoms with E-state index < -0.39 is 10.0 Å². The van der Waals surface area contributed by atoms with Gasteiger partial charge in [0, 0.05) is 25.5 Å². The number of benzene rings is 1. The van der Waals surface area contributed by atoms with Crippen molar-refractivity contribution in [2.24, 2.45) is 0 Å². The Balaban J connectivity index is 2.08. The molecule has 2 rings (SSSR count). The first-order chi connectivity index (χ1) is 9.41. The second kappa shape index (κ2) is 5.64. The highest BCUT2D eigenvalue weighted by atomic mass is 32.2. The number of aryl methyl sites for hydroxylation is 1. The number of hydrogen-bond acceptors (Lipinski definition) is 4. The van der Waals surface area contributed by atoms with E-state index in [1.165, 1.54) is 18.4 Å². The van der Waals surface area contributed by atoms with E-state index in [9.17, 15) is 8.42 Å². The third kappa shape index (κ3) is 3.00. The van der Waals surface area contributed by atoms with E-state index >= 15 is 0 Å². The van der Waals surface area contributed by atoms with Crippen LogP contribution in [0.4, 0.5) is 5.69 Å². The van der Waals surface area contributed by atoms with Gasteiger partial charge < -0.3 is 10.3 Å². The van der Waals surface area contributed by atoms with Gasteiger partial charge in [-0.1, -0.05) is 0 Å². The van der Waals surface area contributed by atoms with Gasteiger partial charge in [-0.05, 0) is 31.2 Å². The van der Waals surface area contributed by atoms with E-state index in [0.29, 0.717) is 6.54 Å². The van der Waals surface area contributed by atoms with Crippen LogP contribution in [0, 0.1) is 6.92 Å². The molecule has 1 heterocycles. The van der Waals surface area contributed by atoms with Crippen LogP contribution in [0.25, 0.3) is 0 Å². The summed E-state index contributed by atoms with van der Waals surface area (Å²) < 4.78 is 25.0. The molecule has 0 aliphatic carbocycles. The molecule has 0 radical (unpaired) electrons. The zero-order valence-electron chi connectivity index (χ0n) is 11.7. The van der Waals surface area contributed by atoms with E-state index in [1.807, 2.05) is 6.92 Å². The van der Waals surface area contributed by atoms with Crippen LogP contribution in [0.5, 0.6) is 0 Å². The number of aromatic nitrogens is 2. The van der Waals surface area contributed by atoms with Crippen molar-refractivity contribution in [2.45, 2.75) is 18.4 Å². The fourth-order valence-electron chi connectivity index (χ4n) is 1.71. The Hall–Kier alpha value is -1.86. The number of rotatable bonds is 5. The van der Waals surface area contributed by atoms with Gasteiger partial charge in [0.15, 0.2) is 0 Å². The zero-order valence-corrected chi connectivity index (χ0v) is 12.5. The monoisotopic (exact) mass is 294 g/mol. The van der Waals surface area contributed by atoms with Gasteiger partial charge in [0.05, 0.1) is 23.5 Å². The van der Waals surface area contributed by atoms with E-state index in [4.69, 9.17) is 0 Å². The minimum absolute atomic E-state index is 0.281. The lowest BCUT2D eigenvalue weighted by Gasteiger charge is -2.12. The maximum absolute atomic E-state index is 11.9. The summed E-state index contributed by atoms with van der Waals surface area (Å²) in [6.07, 6.45) is 1.65. The third-order valence-corrected chi connectivity index (χ3v) is 4.86. The van der Waals surface area contributed by atoms with E-state index in [-0.39, 0.29) is 4.90 Å². The molecule has 2 aromatic rings. The minimum atomic E-state index is -3.37. The van der Waals surface area contributed by atoms with Gasteiger partial charge in [-0.25, -0.2) is 17.7 Å². The van der Waals surface area contributed by atoms with Gasteiger partial charge in [0.25, 0.3) is 0 Å². The summed E-state index contributed by atoms with van der Waals surface area (Å²) in [5, 5.41) is 3.20. The molecule has 1 aromatic carbocycles. The lowest BCUT2D eigenvalue weighted by atomic mass is 10.3. The first-order valence-electron chi connectivity index (χ1n) is 6.16. The summed E-state index contributed by atoms with van der Waals surface area (Å²) in [6, 6.07) is 6.68. The van der Waals surface area contributed by atoms with Gasteiger partial charge in [0.2, 0.25) is 10.0 Å². The second-order valence-electron chi connectivity index (χ2n) is 4.64. The van der Waals surface area contributed by atoms with Crippen molar-refractivity contribution < 1.29 is 8.42 Å². The number of aromatic amines is 1. The average Bonchev–Trinajstić information content (AvgIpc) is 2.82. The quantitative estimate of drug-likeness (QED) is 0.877. The molecule has 0 bridgehead atoms. The van der Waals surface area contributed by atoms with E-state index in [0.717, 1.165) is 17.1 Å². The predicted molar refractivity (Wildman–Crippen MR) is 78.0 cm³/mol. The average molecular weight is 294 g/mol. The summed E-state index contributed by atoms with van der Waals surface area (Å²) in [7, 11) is -0.339. The Bertz CT molecular complexity index is 675. The smallest absolute Gasteiger partial charge is 0.242 e.